The highest BCUT2D eigenvalue weighted by atomic mass is 16.3. The maximum Gasteiger partial charge on any atom is 0.133 e. The van der Waals surface area contributed by atoms with Crippen molar-refractivity contribution >= 4 is 5.82 Å². The van der Waals surface area contributed by atoms with E-state index in [0.29, 0.717) is 6.42 Å². The number of hydrogen-bond donors (Lipinski definition) is 2. The van der Waals surface area contributed by atoms with Crippen molar-refractivity contribution in [2.75, 3.05) is 24.6 Å². The molecule has 4 heteroatoms. The Morgan fingerprint density at radius 3 is 2.88 bits per heavy atom. The summed E-state index contributed by atoms with van der Waals surface area (Å²) in [5.41, 5.74) is 7.10. The van der Waals surface area contributed by atoms with E-state index >= 15 is 0 Å². The second-order valence-corrected chi connectivity index (χ2v) is 4.23. The van der Waals surface area contributed by atoms with Crippen LogP contribution in [0.2, 0.25) is 0 Å². The molecule has 0 aliphatic carbocycles. The fraction of sp³-hybridized carbons (Fsp3) is 0.583. The molecule has 88 valence electrons. The summed E-state index contributed by atoms with van der Waals surface area (Å²) >= 11 is 0. The first kappa shape index (κ1) is 11.4. The van der Waals surface area contributed by atoms with E-state index in [-0.39, 0.29) is 12.6 Å². The van der Waals surface area contributed by atoms with E-state index < -0.39 is 0 Å². The lowest BCUT2D eigenvalue weighted by Gasteiger charge is -2.22. The smallest absolute Gasteiger partial charge is 0.133 e. The Balaban J connectivity index is 2.22. The monoisotopic (exact) mass is 221 g/mol. The Morgan fingerprint density at radius 2 is 2.19 bits per heavy atom. The number of aliphatic hydroxyl groups is 1. The van der Waals surface area contributed by atoms with E-state index in [4.69, 9.17) is 10.8 Å². The van der Waals surface area contributed by atoms with Crippen LogP contribution in [0, 0.1) is 0 Å². The van der Waals surface area contributed by atoms with Crippen LogP contribution in [0.15, 0.2) is 18.3 Å². The molecule has 0 aromatic carbocycles. The molecule has 0 saturated carbocycles. The predicted molar refractivity (Wildman–Crippen MR) is 64.3 cm³/mol. The van der Waals surface area contributed by atoms with Gasteiger partial charge in [0.1, 0.15) is 5.82 Å². The summed E-state index contributed by atoms with van der Waals surface area (Å²) in [6.07, 6.45) is 4.85. The Hall–Kier alpha value is -1.13. The predicted octanol–water partition coefficient (Wildman–Crippen LogP) is 1.06. The van der Waals surface area contributed by atoms with Crippen LogP contribution in [0.1, 0.15) is 30.9 Å². The Morgan fingerprint density at radius 1 is 1.44 bits per heavy atom. The largest absolute Gasteiger partial charge is 0.396 e. The van der Waals surface area contributed by atoms with Gasteiger partial charge in [-0.3, -0.25) is 0 Å². The van der Waals surface area contributed by atoms with Crippen molar-refractivity contribution in [2.45, 2.75) is 25.3 Å². The van der Waals surface area contributed by atoms with Crippen molar-refractivity contribution in [3.8, 4) is 0 Å². The molecule has 2 rings (SSSR count). The number of aromatic nitrogens is 1. The normalized spacial score (nSPS) is 17.8. The van der Waals surface area contributed by atoms with Crippen molar-refractivity contribution in [2.24, 2.45) is 5.73 Å². The summed E-state index contributed by atoms with van der Waals surface area (Å²) < 4.78 is 0. The molecule has 1 aliphatic heterocycles. The van der Waals surface area contributed by atoms with Crippen LogP contribution in [-0.2, 0) is 0 Å². The Kier molecular flexibility index (Phi) is 3.74. The molecule has 0 amide bonds. The van der Waals surface area contributed by atoms with Gasteiger partial charge in [-0.25, -0.2) is 4.98 Å². The highest BCUT2D eigenvalue weighted by Gasteiger charge is 2.19. The van der Waals surface area contributed by atoms with Gasteiger partial charge in [-0.15, -0.1) is 0 Å². The van der Waals surface area contributed by atoms with Crippen LogP contribution in [0.5, 0.6) is 0 Å². The highest BCUT2D eigenvalue weighted by Crippen LogP contribution is 2.26. The van der Waals surface area contributed by atoms with E-state index in [2.05, 4.69) is 9.88 Å². The third kappa shape index (κ3) is 2.33. The molecule has 1 aromatic rings. The Bertz CT molecular complexity index is 337. The topological polar surface area (TPSA) is 62.4 Å². The molecule has 4 nitrogen and oxygen atoms in total. The lowest BCUT2D eigenvalue weighted by Crippen LogP contribution is -2.23. The maximum absolute atomic E-state index is 8.94. The Labute approximate surface area is 96.1 Å². The molecule has 1 aliphatic rings. The number of nitrogens with zero attached hydrogens (tertiary/aromatic N) is 2. The molecule has 0 bridgehead atoms. The van der Waals surface area contributed by atoms with Crippen molar-refractivity contribution in [1.82, 2.24) is 4.98 Å². The molecule has 2 heterocycles. The van der Waals surface area contributed by atoms with E-state index in [9.17, 15) is 0 Å². The first-order valence-electron chi connectivity index (χ1n) is 5.89. The van der Waals surface area contributed by atoms with E-state index in [1.165, 1.54) is 12.8 Å². The van der Waals surface area contributed by atoms with Crippen LogP contribution in [-0.4, -0.2) is 29.8 Å². The minimum absolute atomic E-state index is 0.116. The third-order valence-corrected chi connectivity index (χ3v) is 3.06. The van der Waals surface area contributed by atoms with E-state index in [1.807, 2.05) is 18.3 Å². The van der Waals surface area contributed by atoms with Crippen LogP contribution in [0.3, 0.4) is 0 Å². The van der Waals surface area contributed by atoms with Gasteiger partial charge in [-0.1, -0.05) is 6.07 Å². The SMILES string of the molecule is NC(CCO)c1cccnc1N1CCCC1. The number of hydrogen-bond acceptors (Lipinski definition) is 4. The van der Waals surface area contributed by atoms with Gasteiger partial charge in [0.15, 0.2) is 0 Å². The zero-order valence-corrected chi connectivity index (χ0v) is 9.47. The van der Waals surface area contributed by atoms with Crippen molar-refractivity contribution in [3.63, 3.8) is 0 Å². The second kappa shape index (κ2) is 5.27. The third-order valence-electron chi connectivity index (χ3n) is 3.06. The fourth-order valence-electron chi connectivity index (χ4n) is 2.19. The van der Waals surface area contributed by atoms with Crippen LogP contribution in [0.25, 0.3) is 0 Å². The first-order valence-corrected chi connectivity index (χ1v) is 5.89. The summed E-state index contributed by atoms with van der Waals surface area (Å²) in [6, 6.07) is 3.81. The molecule has 1 atom stereocenters. The zero-order chi connectivity index (χ0) is 11.4. The van der Waals surface area contributed by atoms with Gasteiger partial charge in [0.2, 0.25) is 0 Å². The quantitative estimate of drug-likeness (QED) is 0.798. The number of aliphatic hydroxyl groups excluding tert-OH is 1. The molecule has 1 saturated heterocycles. The van der Waals surface area contributed by atoms with Crippen LogP contribution < -0.4 is 10.6 Å². The van der Waals surface area contributed by atoms with E-state index in [1.54, 1.807) is 0 Å². The van der Waals surface area contributed by atoms with Gasteiger partial charge in [-0.2, -0.15) is 0 Å². The minimum Gasteiger partial charge on any atom is -0.396 e. The maximum atomic E-state index is 8.94. The van der Waals surface area contributed by atoms with Gasteiger partial charge < -0.3 is 15.7 Å². The average molecular weight is 221 g/mol. The standard InChI is InChI=1S/C12H19N3O/c13-11(5-9-16)10-4-3-6-14-12(10)15-7-1-2-8-15/h3-4,6,11,16H,1-2,5,7-9,13H2. The van der Waals surface area contributed by atoms with Gasteiger partial charge in [0.05, 0.1) is 0 Å². The molecule has 0 spiro atoms. The number of rotatable bonds is 4. The summed E-state index contributed by atoms with van der Waals surface area (Å²) in [6.45, 7) is 2.25. The number of nitrogens with two attached hydrogens (primary N) is 1. The molecule has 3 N–H and O–H groups in total. The molecule has 1 fully saturated rings. The average Bonchev–Trinajstić information content (AvgIpc) is 2.83. The van der Waals surface area contributed by atoms with Gasteiger partial charge >= 0.3 is 0 Å². The lowest BCUT2D eigenvalue weighted by molar-refractivity contribution is 0.276. The summed E-state index contributed by atoms with van der Waals surface area (Å²) in [4.78, 5) is 6.71. The molecular weight excluding hydrogens is 202 g/mol. The second-order valence-electron chi connectivity index (χ2n) is 4.23. The van der Waals surface area contributed by atoms with E-state index in [0.717, 1.165) is 24.5 Å². The summed E-state index contributed by atoms with van der Waals surface area (Å²) in [5, 5.41) is 8.94. The molecule has 0 radical (unpaired) electrons. The van der Waals surface area contributed by atoms with Crippen molar-refractivity contribution in [1.29, 1.82) is 0 Å². The fourth-order valence-corrected chi connectivity index (χ4v) is 2.19. The summed E-state index contributed by atoms with van der Waals surface area (Å²) in [5.74, 6) is 1.00. The number of pyridine rings is 1. The number of anilines is 1. The summed E-state index contributed by atoms with van der Waals surface area (Å²) in [7, 11) is 0. The zero-order valence-electron chi connectivity index (χ0n) is 9.47. The molecule has 16 heavy (non-hydrogen) atoms. The van der Waals surface area contributed by atoms with Gasteiger partial charge in [0, 0.05) is 37.5 Å². The molecule has 1 aromatic heterocycles. The molecule has 1 unspecified atom stereocenters. The minimum atomic E-state index is -0.116. The lowest BCUT2D eigenvalue weighted by atomic mass is 10.1. The van der Waals surface area contributed by atoms with Crippen LogP contribution >= 0.6 is 0 Å². The highest BCUT2D eigenvalue weighted by molar-refractivity contribution is 5.49. The van der Waals surface area contributed by atoms with Gasteiger partial charge in [0.25, 0.3) is 0 Å². The van der Waals surface area contributed by atoms with Gasteiger partial charge in [-0.05, 0) is 25.3 Å². The molecular formula is C12H19N3O. The first-order chi connectivity index (χ1) is 7.83. The van der Waals surface area contributed by atoms with Crippen molar-refractivity contribution < 1.29 is 5.11 Å². The van der Waals surface area contributed by atoms with Crippen LogP contribution in [0.4, 0.5) is 5.82 Å². The van der Waals surface area contributed by atoms with Crippen molar-refractivity contribution in [3.05, 3.63) is 23.9 Å².